The first-order chi connectivity index (χ1) is 9.20. The van der Waals surface area contributed by atoms with Gasteiger partial charge in [0.05, 0.1) is 5.56 Å². The van der Waals surface area contributed by atoms with Crippen molar-refractivity contribution in [3.05, 3.63) is 23.4 Å². The number of nitrogen functional groups attached to an aromatic ring is 1. The number of aromatic nitrogens is 1. The van der Waals surface area contributed by atoms with Gasteiger partial charge in [0.25, 0.3) is 0 Å². The van der Waals surface area contributed by atoms with Crippen molar-refractivity contribution < 1.29 is 13.2 Å². The Kier molecular flexibility index (Phi) is 3.62. The van der Waals surface area contributed by atoms with E-state index in [2.05, 4.69) is 11.9 Å². The molecule has 0 aliphatic heterocycles. The van der Waals surface area contributed by atoms with E-state index >= 15 is 0 Å². The number of hydrogen-bond acceptors (Lipinski definition) is 3. The molecule has 1 aliphatic rings. The predicted octanol–water partition coefficient (Wildman–Crippen LogP) is 2.48. The van der Waals surface area contributed by atoms with Crippen molar-refractivity contribution in [2.75, 3.05) is 18.5 Å². The fraction of sp³-hybridized carbons (Fsp3) is 0.538. The normalized spacial score (nSPS) is 21.6. The summed E-state index contributed by atoms with van der Waals surface area (Å²) in [5, 5.41) is 7.46. The Hall–Kier alpha value is -1.79. The lowest BCUT2D eigenvalue weighted by molar-refractivity contribution is -0.141. The third-order valence-corrected chi connectivity index (χ3v) is 3.60. The average molecular weight is 286 g/mol. The summed E-state index contributed by atoms with van der Waals surface area (Å²) in [6.45, 7) is 2.72. The van der Waals surface area contributed by atoms with E-state index in [0.29, 0.717) is 18.4 Å². The Balaban J connectivity index is 2.33. The molecule has 20 heavy (non-hydrogen) atoms. The summed E-state index contributed by atoms with van der Waals surface area (Å²) in [5.74, 6) is 0.892. The van der Waals surface area contributed by atoms with Crippen molar-refractivity contribution in [3.8, 4) is 0 Å². The highest BCUT2D eigenvalue weighted by Gasteiger charge is 2.36. The molecule has 1 saturated carbocycles. The smallest absolute Gasteiger partial charge is 0.384 e. The third kappa shape index (κ3) is 3.02. The van der Waals surface area contributed by atoms with E-state index < -0.39 is 11.9 Å². The van der Waals surface area contributed by atoms with Gasteiger partial charge in [-0.3, -0.25) is 5.41 Å². The second-order valence-electron chi connectivity index (χ2n) is 5.33. The van der Waals surface area contributed by atoms with E-state index in [0.717, 1.165) is 12.5 Å². The summed E-state index contributed by atoms with van der Waals surface area (Å²) >= 11 is 0. The van der Waals surface area contributed by atoms with Gasteiger partial charge in [-0.15, -0.1) is 0 Å². The van der Waals surface area contributed by atoms with E-state index in [1.165, 1.54) is 6.07 Å². The Morgan fingerprint density at radius 2 is 2.10 bits per heavy atom. The van der Waals surface area contributed by atoms with Gasteiger partial charge in [-0.1, -0.05) is 6.92 Å². The van der Waals surface area contributed by atoms with Crippen molar-refractivity contribution in [1.82, 2.24) is 4.98 Å². The summed E-state index contributed by atoms with van der Waals surface area (Å²) in [4.78, 5) is 5.30. The monoisotopic (exact) mass is 286 g/mol. The van der Waals surface area contributed by atoms with Gasteiger partial charge >= 0.3 is 6.18 Å². The number of hydrogen-bond donors (Lipinski definition) is 2. The van der Waals surface area contributed by atoms with E-state index in [1.807, 2.05) is 0 Å². The lowest BCUT2D eigenvalue weighted by Crippen LogP contribution is -2.27. The number of amidine groups is 1. The number of nitrogens with two attached hydrogens (primary N) is 1. The summed E-state index contributed by atoms with van der Waals surface area (Å²) < 4.78 is 38.2. The van der Waals surface area contributed by atoms with Gasteiger partial charge in [-0.05, 0) is 30.4 Å². The van der Waals surface area contributed by atoms with Crippen LogP contribution in [0.3, 0.4) is 0 Å². The van der Waals surface area contributed by atoms with Gasteiger partial charge in [0, 0.05) is 13.6 Å². The molecular weight excluding hydrogens is 269 g/mol. The molecule has 1 heterocycles. The summed E-state index contributed by atoms with van der Waals surface area (Å²) in [6.07, 6.45) is -3.43. The van der Waals surface area contributed by atoms with Gasteiger partial charge in [0.1, 0.15) is 17.3 Å². The molecule has 110 valence electrons. The van der Waals surface area contributed by atoms with Crippen LogP contribution in [0.5, 0.6) is 0 Å². The molecule has 0 spiro atoms. The zero-order valence-corrected chi connectivity index (χ0v) is 11.3. The van der Waals surface area contributed by atoms with Gasteiger partial charge in [0.15, 0.2) is 0 Å². The molecule has 3 N–H and O–H groups in total. The zero-order chi connectivity index (χ0) is 15.1. The molecule has 0 bridgehead atoms. The number of pyridine rings is 1. The number of halogens is 3. The lowest BCUT2D eigenvalue weighted by atomic mass is 10.2. The highest BCUT2D eigenvalue weighted by atomic mass is 19.4. The molecule has 1 aromatic rings. The largest absolute Gasteiger partial charge is 0.433 e. The molecule has 0 radical (unpaired) electrons. The second kappa shape index (κ2) is 4.96. The Labute approximate surface area is 115 Å². The SMILES string of the molecule is CC1CC1CN(C)c1nc(C(F)(F)F)ccc1C(=N)N. The Morgan fingerprint density at radius 1 is 1.50 bits per heavy atom. The highest BCUT2D eigenvalue weighted by Crippen LogP contribution is 2.39. The van der Waals surface area contributed by atoms with Crippen LogP contribution in [-0.2, 0) is 6.18 Å². The molecule has 0 amide bonds. The highest BCUT2D eigenvalue weighted by molar-refractivity contribution is 5.99. The van der Waals surface area contributed by atoms with Gasteiger partial charge < -0.3 is 10.6 Å². The van der Waals surface area contributed by atoms with Gasteiger partial charge in [0.2, 0.25) is 0 Å². The van der Waals surface area contributed by atoms with Crippen molar-refractivity contribution in [3.63, 3.8) is 0 Å². The minimum Gasteiger partial charge on any atom is -0.384 e. The average Bonchev–Trinajstić information content (AvgIpc) is 3.02. The lowest BCUT2D eigenvalue weighted by Gasteiger charge is -2.22. The molecule has 1 aromatic heterocycles. The molecule has 7 heteroatoms. The number of rotatable bonds is 4. The van der Waals surface area contributed by atoms with Crippen molar-refractivity contribution >= 4 is 11.7 Å². The van der Waals surface area contributed by atoms with Crippen LogP contribution >= 0.6 is 0 Å². The molecule has 2 rings (SSSR count). The predicted molar refractivity (Wildman–Crippen MR) is 70.8 cm³/mol. The van der Waals surface area contributed by atoms with E-state index in [-0.39, 0.29) is 17.2 Å². The fourth-order valence-electron chi connectivity index (χ4n) is 2.20. The van der Waals surface area contributed by atoms with E-state index in [4.69, 9.17) is 11.1 Å². The molecule has 0 saturated heterocycles. The van der Waals surface area contributed by atoms with Crippen LogP contribution in [0.4, 0.5) is 19.0 Å². The van der Waals surface area contributed by atoms with Gasteiger partial charge in [-0.2, -0.15) is 13.2 Å². The Morgan fingerprint density at radius 3 is 2.55 bits per heavy atom. The molecule has 2 unspecified atom stereocenters. The first kappa shape index (κ1) is 14.6. The quantitative estimate of drug-likeness (QED) is 0.660. The zero-order valence-electron chi connectivity index (χ0n) is 11.3. The Bertz CT molecular complexity index is 527. The van der Waals surface area contributed by atoms with Crippen LogP contribution in [0, 0.1) is 17.2 Å². The minimum atomic E-state index is -4.50. The van der Waals surface area contributed by atoms with Crippen molar-refractivity contribution in [2.45, 2.75) is 19.5 Å². The van der Waals surface area contributed by atoms with E-state index in [9.17, 15) is 13.2 Å². The second-order valence-corrected chi connectivity index (χ2v) is 5.33. The number of alkyl halides is 3. The summed E-state index contributed by atoms with van der Waals surface area (Å²) in [5.41, 5.74) is 4.69. The summed E-state index contributed by atoms with van der Waals surface area (Å²) in [6, 6.07) is 2.06. The van der Waals surface area contributed by atoms with Crippen LogP contribution in [0.2, 0.25) is 0 Å². The number of nitrogens with one attached hydrogen (secondary N) is 1. The van der Waals surface area contributed by atoms with Crippen LogP contribution < -0.4 is 10.6 Å². The van der Waals surface area contributed by atoms with Crippen molar-refractivity contribution in [1.29, 1.82) is 5.41 Å². The molecule has 4 nitrogen and oxygen atoms in total. The van der Waals surface area contributed by atoms with Crippen LogP contribution in [0.1, 0.15) is 24.6 Å². The van der Waals surface area contributed by atoms with Crippen LogP contribution in [-0.4, -0.2) is 24.4 Å². The third-order valence-electron chi connectivity index (χ3n) is 3.60. The minimum absolute atomic E-state index is 0.117. The molecule has 1 aliphatic carbocycles. The molecule has 2 atom stereocenters. The maximum Gasteiger partial charge on any atom is 0.433 e. The maximum atomic E-state index is 12.7. The molecule has 0 aromatic carbocycles. The van der Waals surface area contributed by atoms with Crippen molar-refractivity contribution in [2.24, 2.45) is 17.6 Å². The number of anilines is 1. The van der Waals surface area contributed by atoms with E-state index in [1.54, 1.807) is 11.9 Å². The number of nitrogens with zero attached hydrogens (tertiary/aromatic N) is 2. The van der Waals surface area contributed by atoms with Gasteiger partial charge in [-0.25, -0.2) is 4.98 Å². The van der Waals surface area contributed by atoms with Crippen LogP contribution in [0.25, 0.3) is 0 Å². The standard InChI is InChI=1S/C13H17F3N4/c1-7-5-8(7)6-20(2)12-9(11(17)18)3-4-10(19-12)13(14,15)16/h3-4,7-8H,5-6H2,1-2H3,(H3,17,18). The first-order valence-corrected chi connectivity index (χ1v) is 6.34. The topological polar surface area (TPSA) is 66.0 Å². The summed E-state index contributed by atoms with van der Waals surface area (Å²) in [7, 11) is 1.68. The fourth-order valence-corrected chi connectivity index (χ4v) is 2.20. The molecule has 1 fully saturated rings. The maximum absolute atomic E-state index is 12.7. The van der Waals surface area contributed by atoms with Crippen LogP contribution in [0.15, 0.2) is 12.1 Å². The first-order valence-electron chi connectivity index (χ1n) is 6.34. The molecular formula is C13H17F3N4.